The summed E-state index contributed by atoms with van der Waals surface area (Å²) in [5.74, 6) is 1.79. The Balaban J connectivity index is 1.82. The smallest absolute Gasteiger partial charge is 0.185 e. The fourth-order valence-electron chi connectivity index (χ4n) is 3.24. The highest BCUT2D eigenvalue weighted by atomic mass is 16.5. The maximum Gasteiger partial charge on any atom is 0.185 e. The molecule has 0 aromatic heterocycles. The first-order valence-electron chi connectivity index (χ1n) is 10.1. The van der Waals surface area contributed by atoms with Crippen molar-refractivity contribution < 1.29 is 14.3 Å². The van der Waals surface area contributed by atoms with E-state index in [4.69, 9.17) is 9.47 Å². The number of carbonyl (C=O) groups excluding carboxylic acids is 1. The van der Waals surface area contributed by atoms with Crippen molar-refractivity contribution in [3.05, 3.63) is 70.8 Å². The van der Waals surface area contributed by atoms with Crippen molar-refractivity contribution >= 4 is 17.9 Å². The second-order valence-corrected chi connectivity index (χ2v) is 6.94. The topological polar surface area (TPSA) is 35.5 Å². The van der Waals surface area contributed by atoms with E-state index in [-0.39, 0.29) is 5.78 Å². The van der Waals surface area contributed by atoms with E-state index in [1.54, 1.807) is 0 Å². The van der Waals surface area contributed by atoms with Crippen molar-refractivity contribution in [3.8, 4) is 11.5 Å². The third-order valence-corrected chi connectivity index (χ3v) is 4.67. The summed E-state index contributed by atoms with van der Waals surface area (Å²) in [6.45, 7) is 5.52. The highest BCUT2D eigenvalue weighted by Gasteiger charge is 2.23. The molecule has 0 N–H and O–H groups in total. The highest BCUT2D eigenvalue weighted by Crippen LogP contribution is 2.33. The first kappa shape index (κ1) is 19.9. The van der Waals surface area contributed by atoms with Gasteiger partial charge in [0.05, 0.1) is 13.2 Å². The van der Waals surface area contributed by atoms with Gasteiger partial charge in [-0.25, -0.2) is 0 Å². The molecule has 0 bridgehead atoms. The van der Waals surface area contributed by atoms with E-state index < -0.39 is 0 Å². The number of hydrogen-bond donors (Lipinski definition) is 0. The number of benzene rings is 2. The minimum atomic E-state index is 0.121. The maximum atomic E-state index is 12.9. The van der Waals surface area contributed by atoms with Crippen molar-refractivity contribution in [2.24, 2.45) is 0 Å². The molecular formula is C25H28O3. The monoisotopic (exact) mass is 376 g/mol. The predicted octanol–water partition coefficient (Wildman–Crippen LogP) is 6.09. The molecule has 2 aromatic carbocycles. The van der Waals surface area contributed by atoms with Crippen LogP contribution in [0.1, 0.15) is 50.7 Å². The van der Waals surface area contributed by atoms with Gasteiger partial charge in [0.25, 0.3) is 0 Å². The fourth-order valence-corrected chi connectivity index (χ4v) is 3.24. The van der Waals surface area contributed by atoms with Gasteiger partial charge in [-0.1, -0.05) is 50.2 Å². The Labute approximate surface area is 167 Å². The Morgan fingerprint density at radius 3 is 1.61 bits per heavy atom. The van der Waals surface area contributed by atoms with E-state index in [2.05, 4.69) is 13.8 Å². The van der Waals surface area contributed by atoms with E-state index in [0.29, 0.717) is 13.2 Å². The second kappa shape index (κ2) is 9.93. The first-order valence-corrected chi connectivity index (χ1v) is 10.1. The molecule has 2 aromatic rings. The van der Waals surface area contributed by atoms with Gasteiger partial charge in [0.1, 0.15) is 11.5 Å². The van der Waals surface area contributed by atoms with Crippen LogP contribution in [0, 0.1) is 0 Å². The van der Waals surface area contributed by atoms with Crippen LogP contribution < -0.4 is 9.47 Å². The van der Waals surface area contributed by atoms with Gasteiger partial charge in [0, 0.05) is 22.3 Å². The number of rotatable bonds is 8. The lowest BCUT2D eigenvalue weighted by atomic mass is 10.1. The van der Waals surface area contributed by atoms with Crippen molar-refractivity contribution in [1.82, 2.24) is 0 Å². The molecular weight excluding hydrogens is 348 g/mol. The highest BCUT2D eigenvalue weighted by molar-refractivity contribution is 6.15. The molecule has 1 saturated carbocycles. The van der Waals surface area contributed by atoms with Crippen molar-refractivity contribution in [2.45, 2.75) is 39.5 Å². The van der Waals surface area contributed by atoms with E-state index in [9.17, 15) is 4.79 Å². The molecule has 1 aliphatic rings. The molecule has 0 unspecified atom stereocenters. The summed E-state index contributed by atoms with van der Waals surface area (Å²) in [7, 11) is 0. The van der Waals surface area contributed by atoms with Gasteiger partial charge in [-0.3, -0.25) is 4.79 Å². The minimum absolute atomic E-state index is 0.121. The number of carbonyl (C=O) groups is 1. The number of ketones is 1. The molecule has 3 rings (SSSR count). The van der Waals surface area contributed by atoms with Gasteiger partial charge in [-0.15, -0.1) is 0 Å². The Morgan fingerprint density at radius 1 is 0.750 bits per heavy atom. The molecule has 0 spiro atoms. The standard InChI is InChI=1S/C25H28O3/c1-3-15-27-23-11-7-5-9-19(23)17-21-13-14-22(25(21)26)18-20-10-6-8-12-24(20)28-16-4-2/h5-12,17-18H,3-4,13-16H2,1-2H3/b21-17-,22-18-. The number of Topliss-reactive ketones (excluding diaryl/α,β-unsaturated/α-hetero) is 1. The zero-order valence-electron chi connectivity index (χ0n) is 16.7. The molecule has 0 aliphatic heterocycles. The Hall–Kier alpha value is -2.81. The Kier molecular flexibility index (Phi) is 7.07. The van der Waals surface area contributed by atoms with Crippen LogP contribution in [0.2, 0.25) is 0 Å². The van der Waals surface area contributed by atoms with Gasteiger partial charge < -0.3 is 9.47 Å². The number of allylic oxidation sites excluding steroid dienone is 2. The largest absolute Gasteiger partial charge is 0.493 e. The van der Waals surface area contributed by atoms with Crippen LogP contribution in [0.4, 0.5) is 0 Å². The van der Waals surface area contributed by atoms with E-state index in [1.165, 1.54) is 0 Å². The van der Waals surface area contributed by atoms with Gasteiger partial charge in [0.2, 0.25) is 0 Å². The molecule has 1 fully saturated rings. The quantitative estimate of drug-likeness (QED) is 0.523. The molecule has 3 nitrogen and oxygen atoms in total. The summed E-state index contributed by atoms with van der Waals surface area (Å²) in [5, 5.41) is 0. The van der Waals surface area contributed by atoms with Gasteiger partial charge in [0.15, 0.2) is 5.78 Å². The number of hydrogen-bond acceptors (Lipinski definition) is 3. The second-order valence-electron chi connectivity index (χ2n) is 6.94. The number of para-hydroxylation sites is 2. The molecule has 0 saturated heterocycles. The lowest BCUT2D eigenvalue weighted by Crippen LogP contribution is -1.99. The Morgan fingerprint density at radius 2 is 1.18 bits per heavy atom. The fraction of sp³-hybridized carbons (Fsp3) is 0.320. The van der Waals surface area contributed by atoms with Crippen molar-refractivity contribution in [1.29, 1.82) is 0 Å². The third-order valence-electron chi connectivity index (χ3n) is 4.67. The van der Waals surface area contributed by atoms with Crippen LogP contribution in [-0.4, -0.2) is 19.0 Å². The van der Waals surface area contributed by atoms with Gasteiger partial charge in [-0.05, 0) is 50.0 Å². The van der Waals surface area contributed by atoms with E-state index >= 15 is 0 Å². The molecule has 146 valence electrons. The normalized spacial score (nSPS) is 16.7. The summed E-state index contributed by atoms with van der Waals surface area (Å²) in [4.78, 5) is 12.9. The Bertz CT molecular complexity index is 805. The number of ether oxygens (including phenoxy) is 2. The lowest BCUT2D eigenvalue weighted by molar-refractivity contribution is -0.111. The average molecular weight is 376 g/mol. The molecule has 0 amide bonds. The van der Waals surface area contributed by atoms with Gasteiger partial charge in [-0.2, -0.15) is 0 Å². The van der Waals surface area contributed by atoms with Crippen molar-refractivity contribution in [3.63, 3.8) is 0 Å². The van der Waals surface area contributed by atoms with Gasteiger partial charge >= 0.3 is 0 Å². The summed E-state index contributed by atoms with van der Waals surface area (Å²) in [6, 6.07) is 15.8. The van der Waals surface area contributed by atoms with Crippen LogP contribution in [0.5, 0.6) is 11.5 Å². The van der Waals surface area contributed by atoms with E-state index in [1.807, 2.05) is 60.7 Å². The van der Waals surface area contributed by atoms with Crippen molar-refractivity contribution in [2.75, 3.05) is 13.2 Å². The van der Waals surface area contributed by atoms with Crippen LogP contribution in [0.25, 0.3) is 12.2 Å². The van der Waals surface area contributed by atoms with Crippen LogP contribution in [0.3, 0.4) is 0 Å². The summed E-state index contributed by atoms with van der Waals surface area (Å²) in [5.41, 5.74) is 3.61. The van der Waals surface area contributed by atoms with E-state index in [0.717, 1.165) is 59.5 Å². The average Bonchev–Trinajstić information content (AvgIpc) is 3.06. The molecule has 0 radical (unpaired) electrons. The molecule has 28 heavy (non-hydrogen) atoms. The molecule has 3 heteroatoms. The maximum absolute atomic E-state index is 12.9. The minimum Gasteiger partial charge on any atom is -0.493 e. The van der Waals surface area contributed by atoms with Crippen LogP contribution in [0.15, 0.2) is 59.7 Å². The molecule has 0 atom stereocenters. The predicted molar refractivity (Wildman–Crippen MR) is 115 cm³/mol. The summed E-state index contributed by atoms with van der Waals surface area (Å²) in [6.07, 6.45) is 7.38. The first-order chi connectivity index (χ1) is 13.7. The van der Waals surface area contributed by atoms with Crippen LogP contribution >= 0.6 is 0 Å². The summed E-state index contributed by atoms with van der Waals surface area (Å²) >= 11 is 0. The third kappa shape index (κ3) is 4.92. The zero-order chi connectivity index (χ0) is 19.8. The van der Waals surface area contributed by atoms with Crippen LogP contribution in [-0.2, 0) is 4.79 Å². The molecule has 1 aliphatic carbocycles. The zero-order valence-corrected chi connectivity index (χ0v) is 16.7. The lowest BCUT2D eigenvalue weighted by Gasteiger charge is -2.09. The molecule has 0 heterocycles. The summed E-state index contributed by atoms with van der Waals surface area (Å²) < 4.78 is 11.6. The SMILES string of the molecule is CCCOc1ccccc1/C=C1/CC/C(=C/c2ccccc2OCCC)C1=O.